The molecule has 2 N–H and O–H groups in total. The van der Waals surface area contributed by atoms with Crippen LogP contribution in [0.15, 0.2) is 28.7 Å². The van der Waals surface area contributed by atoms with Crippen molar-refractivity contribution in [1.29, 1.82) is 0 Å². The Morgan fingerprint density at radius 1 is 1.12 bits per heavy atom. The Morgan fingerprint density at radius 2 is 1.88 bits per heavy atom. The van der Waals surface area contributed by atoms with Gasteiger partial charge in [0.05, 0.1) is 11.7 Å². The summed E-state index contributed by atoms with van der Waals surface area (Å²) in [6.07, 6.45) is 4.67. The van der Waals surface area contributed by atoms with E-state index in [-0.39, 0.29) is 23.8 Å². The molecule has 0 spiro atoms. The number of amides is 2. The van der Waals surface area contributed by atoms with Crippen LogP contribution in [0.4, 0.5) is 5.69 Å². The minimum absolute atomic E-state index is 0.0237. The minimum Gasteiger partial charge on any atom is -0.341 e. The first-order valence-electron chi connectivity index (χ1n) is 8.72. The number of halogens is 1. The van der Waals surface area contributed by atoms with E-state index in [2.05, 4.69) is 26.6 Å². The highest BCUT2D eigenvalue weighted by molar-refractivity contribution is 9.10. The van der Waals surface area contributed by atoms with E-state index < -0.39 is 0 Å². The summed E-state index contributed by atoms with van der Waals surface area (Å²) in [6.45, 7) is 2.28. The van der Waals surface area contributed by atoms with E-state index in [1.807, 2.05) is 29.2 Å². The van der Waals surface area contributed by atoms with Crippen LogP contribution in [0, 0.1) is 5.92 Å². The Bertz CT molecular complexity index is 594. The summed E-state index contributed by atoms with van der Waals surface area (Å²) in [7, 11) is 0. The van der Waals surface area contributed by atoms with Gasteiger partial charge in [-0.15, -0.1) is 0 Å². The van der Waals surface area contributed by atoms with Gasteiger partial charge in [-0.2, -0.15) is 0 Å². The van der Waals surface area contributed by atoms with Gasteiger partial charge in [-0.05, 0) is 60.3 Å². The zero-order valence-electron chi connectivity index (χ0n) is 13.8. The molecule has 1 aromatic rings. The Balaban J connectivity index is 1.50. The molecule has 2 saturated heterocycles. The molecule has 5 nitrogen and oxygen atoms in total. The molecule has 0 saturated carbocycles. The SMILES string of the molecule is O=C(Nc1ccccc1Br)C1CCN(C(=O)C2CCCCN2)CC1. The highest BCUT2D eigenvalue weighted by Crippen LogP contribution is 2.25. The topological polar surface area (TPSA) is 61.4 Å². The van der Waals surface area contributed by atoms with Crippen LogP contribution >= 0.6 is 15.9 Å². The summed E-state index contributed by atoms with van der Waals surface area (Å²) in [6, 6.07) is 7.59. The molecule has 1 unspecified atom stereocenters. The minimum atomic E-state index is -0.0273. The van der Waals surface area contributed by atoms with Crippen LogP contribution in [-0.2, 0) is 9.59 Å². The van der Waals surface area contributed by atoms with Gasteiger partial charge < -0.3 is 15.5 Å². The standard InChI is InChI=1S/C18H24BrN3O2/c19-14-5-1-2-6-15(14)21-17(23)13-8-11-22(12-9-13)18(24)16-7-3-4-10-20-16/h1-2,5-6,13,16,20H,3-4,7-12H2,(H,21,23). The molecule has 24 heavy (non-hydrogen) atoms. The number of nitrogens with one attached hydrogen (secondary N) is 2. The molecule has 2 amide bonds. The third kappa shape index (κ3) is 4.16. The maximum Gasteiger partial charge on any atom is 0.239 e. The zero-order chi connectivity index (χ0) is 16.9. The highest BCUT2D eigenvalue weighted by Gasteiger charge is 2.31. The Hall–Kier alpha value is -1.40. The monoisotopic (exact) mass is 393 g/mol. The predicted molar refractivity (Wildman–Crippen MR) is 97.7 cm³/mol. The van der Waals surface area contributed by atoms with Gasteiger partial charge in [0.25, 0.3) is 0 Å². The van der Waals surface area contributed by atoms with Crippen LogP contribution in [-0.4, -0.2) is 42.4 Å². The van der Waals surface area contributed by atoms with E-state index in [1.165, 1.54) is 0 Å². The maximum absolute atomic E-state index is 12.5. The van der Waals surface area contributed by atoms with Gasteiger partial charge >= 0.3 is 0 Å². The van der Waals surface area contributed by atoms with Gasteiger partial charge in [0.15, 0.2) is 0 Å². The lowest BCUT2D eigenvalue weighted by Crippen LogP contribution is -2.51. The molecule has 0 aromatic heterocycles. The normalized spacial score (nSPS) is 22.2. The van der Waals surface area contributed by atoms with Crippen molar-refractivity contribution in [1.82, 2.24) is 10.2 Å². The molecule has 0 aliphatic carbocycles. The van der Waals surface area contributed by atoms with E-state index in [1.54, 1.807) is 0 Å². The Morgan fingerprint density at radius 3 is 2.54 bits per heavy atom. The van der Waals surface area contributed by atoms with Crippen LogP contribution in [0.25, 0.3) is 0 Å². The lowest BCUT2D eigenvalue weighted by molar-refractivity contribution is -0.137. The fraction of sp³-hybridized carbons (Fsp3) is 0.556. The van der Waals surface area contributed by atoms with Crippen molar-refractivity contribution in [2.24, 2.45) is 5.92 Å². The van der Waals surface area contributed by atoms with Crippen LogP contribution < -0.4 is 10.6 Å². The predicted octanol–water partition coefficient (Wildman–Crippen LogP) is 2.77. The molecule has 2 fully saturated rings. The third-order valence-corrected chi connectivity index (χ3v) is 5.61. The van der Waals surface area contributed by atoms with E-state index in [9.17, 15) is 9.59 Å². The van der Waals surface area contributed by atoms with Gasteiger partial charge in [-0.25, -0.2) is 0 Å². The smallest absolute Gasteiger partial charge is 0.239 e. The number of anilines is 1. The van der Waals surface area contributed by atoms with Crippen molar-refractivity contribution < 1.29 is 9.59 Å². The van der Waals surface area contributed by atoms with Crippen molar-refractivity contribution in [2.45, 2.75) is 38.1 Å². The molecule has 2 aliphatic rings. The second-order valence-electron chi connectivity index (χ2n) is 6.57. The van der Waals surface area contributed by atoms with Crippen LogP contribution in [0.3, 0.4) is 0 Å². The van der Waals surface area contributed by atoms with Crippen LogP contribution in [0.5, 0.6) is 0 Å². The van der Waals surface area contributed by atoms with E-state index in [0.29, 0.717) is 13.1 Å². The molecule has 130 valence electrons. The van der Waals surface area contributed by atoms with Gasteiger partial charge in [-0.3, -0.25) is 9.59 Å². The first-order chi connectivity index (χ1) is 11.6. The van der Waals surface area contributed by atoms with Gasteiger partial charge in [0, 0.05) is 23.5 Å². The molecular formula is C18H24BrN3O2. The summed E-state index contributed by atoms with van der Waals surface area (Å²) < 4.78 is 0.884. The van der Waals surface area contributed by atoms with Crippen LogP contribution in [0.1, 0.15) is 32.1 Å². The summed E-state index contributed by atoms with van der Waals surface area (Å²) in [5.41, 5.74) is 0.799. The zero-order valence-corrected chi connectivity index (χ0v) is 15.3. The molecule has 0 radical (unpaired) electrons. The van der Waals surface area contributed by atoms with Gasteiger partial charge in [-0.1, -0.05) is 18.6 Å². The summed E-state index contributed by atoms with van der Waals surface area (Å²) >= 11 is 3.45. The summed E-state index contributed by atoms with van der Waals surface area (Å²) in [5.74, 6) is 0.227. The molecule has 0 bridgehead atoms. The fourth-order valence-corrected chi connectivity index (χ4v) is 3.83. The molecule has 6 heteroatoms. The molecule has 2 heterocycles. The largest absolute Gasteiger partial charge is 0.341 e. The quantitative estimate of drug-likeness (QED) is 0.829. The molecule has 2 aliphatic heterocycles. The average Bonchev–Trinajstić information content (AvgIpc) is 2.64. The third-order valence-electron chi connectivity index (χ3n) is 4.92. The van der Waals surface area contributed by atoms with E-state index in [0.717, 1.165) is 48.8 Å². The number of hydrogen-bond donors (Lipinski definition) is 2. The van der Waals surface area contributed by atoms with E-state index in [4.69, 9.17) is 0 Å². The van der Waals surface area contributed by atoms with Crippen LogP contribution in [0.2, 0.25) is 0 Å². The first kappa shape index (κ1) is 17.4. The fourth-order valence-electron chi connectivity index (χ4n) is 3.44. The second-order valence-corrected chi connectivity index (χ2v) is 7.43. The first-order valence-corrected chi connectivity index (χ1v) is 9.52. The summed E-state index contributed by atoms with van der Waals surface area (Å²) in [5, 5.41) is 6.30. The summed E-state index contributed by atoms with van der Waals surface area (Å²) in [4.78, 5) is 26.9. The molecule has 1 atom stereocenters. The number of carbonyl (C=O) groups is 2. The number of para-hydroxylation sites is 1. The van der Waals surface area contributed by atoms with Crippen molar-refractivity contribution in [2.75, 3.05) is 25.0 Å². The average molecular weight is 394 g/mol. The number of rotatable bonds is 3. The number of benzene rings is 1. The lowest BCUT2D eigenvalue weighted by atomic mass is 9.94. The molecular weight excluding hydrogens is 370 g/mol. The van der Waals surface area contributed by atoms with Crippen molar-refractivity contribution >= 4 is 33.4 Å². The number of likely N-dealkylation sites (tertiary alicyclic amines) is 1. The molecule has 1 aromatic carbocycles. The van der Waals surface area contributed by atoms with Gasteiger partial charge in [0.2, 0.25) is 11.8 Å². The Kier molecular flexibility index (Phi) is 5.89. The lowest BCUT2D eigenvalue weighted by Gasteiger charge is -2.35. The number of carbonyl (C=O) groups excluding carboxylic acids is 2. The number of piperidine rings is 2. The molecule has 3 rings (SSSR count). The number of nitrogens with zero attached hydrogens (tertiary/aromatic N) is 1. The number of hydrogen-bond acceptors (Lipinski definition) is 3. The maximum atomic E-state index is 12.5. The van der Waals surface area contributed by atoms with Crippen molar-refractivity contribution in [3.63, 3.8) is 0 Å². The second kappa shape index (κ2) is 8.12. The van der Waals surface area contributed by atoms with Crippen molar-refractivity contribution in [3.8, 4) is 0 Å². The Labute approximate surface area is 151 Å². The van der Waals surface area contributed by atoms with Crippen molar-refractivity contribution in [3.05, 3.63) is 28.7 Å². The van der Waals surface area contributed by atoms with E-state index >= 15 is 0 Å². The van der Waals surface area contributed by atoms with Gasteiger partial charge in [0.1, 0.15) is 0 Å². The highest BCUT2D eigenvalue weighted by atomic mass is 79.9.